The summed E-state index contributed by atoms with van der Waals surface area (Å²) in [5, 5.41) is 10.8. The van der Waals surface area contributed by atoms with E-state index in [9.17, 15) is 5.11 Å². The molecule has 7 nitrogen and oxygen atoms in total. The molecule has 32 heavy (non-hydrogen) atoms. The molecule has 0 spiro atoms. The second-order valence-corrected chi connectivity index (χ2v) is 14.9. The Bertz CT molecular complexity index is 1050. The highest BCUT2D eigenvalue weighted by Crippen LogP contribution is 2.38. The third-order valence-corrected chi connectivity index (χ3v) is 11.4. The molecule has 1 saturated heterocycles. The highest BCUT2D eigenvalue weighted by atomic mass is 28.4. The van der Waals surface area contributed by atoms with Gasteiger partial charge in [0.15, 0.2) is 14.0 Å². The summed E-state index contributed by atoms with van der Waals surface area (Å²) in [5.41, 5.74) is 3.73. The molecular formula is C24H34N4O3Si. The fourth-order valence-corrected chi connectivity index (χ4v) is 4.76. The third-order valence-electron chi connectivity index (χ3n) is 6.86. The van der Waals surface area contributed by atoms with Crippen molar-refractivity contribution in [2.24, 2.45) is 0 Å². The molecule has 1 aliphatic heterocycles. The number of rotatable bonds is 7. The standard InChI is InChI=1S/C24H34N4O3Si/c1-24(2,3)32(4,5)30-14-20-19(29)13-21(31-20)28-16-27-22-18(25-15-26-23(22)28)12-11-17-9-7-6-8-10-17/h6-10,15-16,19-21,29H,11-14H2,1-5H3/t19-,20-,21-/m1/s1. The summed E-state index contributed by atoms with van der Waals surface area (Å²) in [6.07, 6.45) is 4.25. The zero-order valence-corrected chi connectivity index (χ0v) is 20.7. The van der Waals surface area contributed by atoms with Crippen LogP contribution in [-0.2, 0) is 22.0 Å². The van der Waals surface area contributed by atoms with E-state index in [-0.39, 0.29) is 17.4 Å². The number of nitrogens with zero attached hydrogens (tertiary/aromatic N) is 4. The van der Waals surface area contributed by atoms with E-state index >= 15 is 0 Å². The maximum absolute atomic E-state index is 10.6. The van der Waals surface area contributed by atoms with Crippen LogP contribution in [0.2, 0.25) is 18.1 Å². The fraction of sp³-hybridized carbons (Fsp3) is 0.542. The first-order chi connectivity index (χ1) is 15.2. The molecule has 4 rings (SSSR count). The van der Waals surface area contributed by atoms with Crippen molar-refractivity contribution in [1.82, 2.24) is 19.5 Å². The van der Waals surface area contributed by atoms with E-state index in [4.69, 9.17) is 9.16 Å². The van der Waals surface area contributed by atoms with Crippen LogP contribution in [0.1, 0.15) is 44.7 Å². The predicted octanol–water partition coefficient (Wildman–Crippen LogP) is 4.28. The molecule has 0 saturated carbocycles. The van der Waals surface area contributed by atoms with Crippen molar-refractivity contribution in [3.8, 4) is 0 Å². The van der Waals surface area contributed by atoms with Gasteiger partial charge in [-0.1, -0.05) is 51.1 Å². The fourth-order valence-electron chi connectivity index (χ4n) is 3.74. The van der Waals surface area contributed by atoms with E-state index < -0.39 is 14.4 Å². The van der Waals surface area contributed by atoms with Gasteiger partial charge in [0.05, 0.1) is 24.7 Å². The highest BCUT2D eigenvalue weighted by Gasteiger charge is 2.41. The Hall–Kier alpha value is -2.13. The summed E-state index contributed by atoms with van der Waals surface area (Å²) in [4.78, 5) is 13.5. The molecule has 172 valence electrons. The number of ether oxygens (including phenoxy) is 1. The minimum absolute atomic E-state index is 0.115. The molecule has 2 aromatic heterocycles. The predicted molar refractivity (Wildman–Crippen MR) is 127 cm³/mol. The molecule has 0 amide bonds. The van der Waals surface area contributed by atoms with E-state index in [0.717, 1.165) is 29.7 Å². The topological polar surface area (TPSA) is 82.3 Å². The van der Waals surface area contributed by atoms with E-state index in [1.54, 1.807) is 12.7 Å². The van der Waals surface area contributed by atoms with Crippen molar-refractivity contribution in [3.05, 3.63) is 54.2 Å². The molecule has 1 fully saturated rings. The van der Waals surface area contributed by atoms with Gasteiger partial charge in [-0.25, -0.2) is 15.0 Å². The average Bonchev–Trinajstić information content (AvgIpc) is 3.34. The Morgan fingerprint density at radius 2 is 1.88 bits per heavy atom. The van der Waals surface area contributed by atoms with Gasteiger partial charge in [-0.05, 0) is 36.5 Å². The summed E-state index contributed by atoms with van der Waals surface area (Å²) in [5.74, 6) is 0. The molecule has 0 unspecified atom stereocenters. The summed E-state index contributed by atoms with van der Waals surface area (Å²) in [6, 6.07) is 10.4. The average molecular weight is 455 g/mol. The molecular weight excluding hydrogens is 420 g/mol. The van der Waals surface area contributed by atoms with Crippen molar-refractivity contribution < 1.29 is 14.3 Å². The quantitative estimate of drug-likeness (QED) is 0.537. The van der Waals surface area contributed by atoms with Crippen LogP contribution in [0, 0.1) is 0 Å². The van der Waals surface area contributed by atoms with Crippen LogP contribution in [-0.4, -0.2) is 51.8 Å². The van der Waals surface area contributed by atoms with Crippen LogP contribution < -0.4 is 0 Å². The first kappa shape index (κ1) is 23.0. The van der Waals surface area contributed by atoms with Crippen LogP contribution in [0.5, 0.6) is 0 Å². The zero-order valence-electron chi connectivity index (χ0n) is 19.7. The number of imidazole rings is 1. The lowest BCUT2D eigenvalue weighted by Crippen LogP contribution is -2.43. The molecule has 8 heteroatoms. The van der Waals surface area contributed by atoms with Gasteiger partial charge >= 0.3 is 0 Å². The van der Waals surface area contributed by atoms with Crippen LogP contribution in [0.4, 0.5) is 0 Å². The van der Waals surface area contributed by atoms with Crippen LogP contribution in [0.15, 0.2) is 43.0 Å². The summed E-state index contributed by atoms with van der Waals surface area (Å²) >= 11 is 0. The molecule has 0 bridgehead atoms. The summed E-state index contributed by atoms with van der Waals surface area (Å²) in [6.45, 7) is 11.5. The lowest BCUT2D eigenvalue weighted by atomic mass is 10.1. The van der Waals surface area contributed by atoms with E-state index in [1.807, 2.05) is 22.8 Å². The minimum Gasteiger partial charge on any atom is -0.414 e. The van der Waals surface area contributed by atoms with E-state index in [0.29, 0.717) is 13.0 Å². The molecule has 0 radical (unpaired) electrons. The van der Waals surface area contributed by atoms with Crippen molar-refractivity contribution in [2.75, 3.05) is 6.61 Å². The number of aryl methyl sites for hydroxylation is 2. The van der Waals surface area contributed by atoms with E-state index in [1.165, 1.54) is 5.56 Å². The number of benzene rings is 1. The SMILES string of the molecule is CC(C)(C)[Si](C)(C)OC[C@H]1O[C@@H](n2cnc3c(CCc4ccccc4)ncnc32)C[C@H]1O. The summed E-state index contributed by atoms with van der Waals surface area (Å²) in [7, 11) is -1.91. The van der Waals surface area contributed by atoms with Crippen LogP contribution >= 0.6 is 0 Å². The zero-order chi connectivity index (χ0) is 22.9. The molecule has 3 atom stereocenters. The Balaban J connectivity index is 1.46. The Morgan fingerprint density at radius 1 is 1.12 bits per heavy atom. The largest absolute Gasteiger partial charge is 0.414 e. The maximum atomic E-state index is 10.6. The van der Waals surface area contributed by atoms with E-state index in [2.05, 4.69) is 60.9 Å². The highest BCUT2D eigenvalue weighted by molar-refractivity contribution is 6.74. The number of hydrogen-bond donors (Lipinski definition) is 1. The molecule has 1 aliphatic rings. The van der Waals surface area contributed by atoms with Gasteiger partial charge in [0.2, 0.25) is 0 Å². The Labute approximate surface area is 191 Å². The van der Waals surface area contributed by atoms with Gasteiger partial charge < -0.3 is 14.3 Å². The molecule has 3 aromatic rings. The third kappa shape index (κ3) is 4.78. The molecule has 1 N–H and O–H groups in total. The van der Waals surface area contributed by atoms with Crippen molar-refractivity contribution in [3.63, 3.8) is 0 Å². The normalized spacial score (nSPS) is 22.0. The Morgan fingerprint density at radius 3 is 2.59 bits per heavy atom. The maximum Gasteiger partial charge on any atom is 0.192 e. The lowest BCUT2D eigenvalue weighted by molar-refractivity contribution is -0.0405. The number of aliphatic hydroxyl groups is 1. The van der Waals surface area contributed by atoms with Gasteiger partial charge in [0.1, 0.15) is 24.2 Å². The lowest BCUT2D eigenvalue weighted by Gasteiger charge is -2.37. The number of aliphatic hydroxyl groups excluding tert-OH is 1. The van der Waals surface area contributed by atoms with Gasteiger partial charge in [0, 0.05) is 6.42 Å². The van der Waals surface area contributed by atoms with Gasteiger partial charge in [-0.2, -0.15) is 0 Å². The van der Waals surface area contributed by atoms with Gasteiger partial charge in [-0.3, -0.25) is 4.57 Å². The molecule has 3 heterocycles. The van der Waals surface area contributed by atoms with Crippen molar-refractivity contribution >= 4 is 19.5 Å². The summed E-state index contributed by atoms with van der Waals surface area (Å²) < 4.78 is 14.4. The number of aromatic nitrogens is 4. The van der Waals surface area contributed by atoms with Gasteiger partial charge in [-0.15, -0.1) is 0 Å². The van der Waals surface area contributed by atoms with Crippen molar-refractivity contribution in [2.45, 2.75) is 76.6 Å². The van der Waals surface area contributed by atoms with Crippen molar-refractivity contribution in [1.29, 1.82) is 0 Å². The molecule has 0 aliphatic carbocycles. The number of fused-ring (bicyclic) bond motifs is 1. The first-order valence-corrected chi connectivity index (χ1v) is 14.2. The minimum atomic E-state index is -1.91. The Kier molecular flexibility index (Phi) is 6.49. The van der Waals surface area contributed by atoms with Crippen LogP contribution in [0.3, 0.4) is 0 Å². The first-order valence-electron chi connectivity index (χ1n) is 11.3. The smallest absolute Gasteiger partial charge is 0.192 e. The second-order valence-electron chi connectivity index (χ2n) is 10.1. The monoisotopic (exact) mass is 454 g/mol. The number of hydrogen-bond acceptors (Lipinski definition) is 6. The van der Waals surface area contributed by atoms with Gasteiger partial charge in [0.25, 0.3) is 0 Å². The molecule has 1 aromatic carbocycles. The van der Waals surface area contributed by atoms with Crippen LogP contribution in [0.25, 0.3) is 11.2 Å². The second kappa shape index (κ2) is 9.01.